The summed E-state index contributed by atoms with van der Waals surface area (Å²) in [4.78, 5) is 18.2. The summed E-state index contributed by atoms with van der Waals surface area (Å²) in [5.74, 6) is 0.575. The van der Waals surface area contributed by atoms with E-state index < -0.39 is 0 Å². The second-order valence-corrected chi connectivity index (χ2v) is 10.7. The summed E-state index contributed by atoms with van der Waals surface area (Å²) < 4.78 is 1.88. The summed E-state index contributed by atoms with van der Waals surface area (Å²) in [5, 5.41) is 8.61. The van der Waals surface area contributed by atoms with Gasteiger partial charge in [-0.25, -0.2) is 4.98 Å². The smallest absolute Gasteiger partial charge is 0.233 e. The fourth-order valence-electron chi connectivity index (χ4n) is 2.91. The van der Waals surface area contributed by atoms with Crippen molar-refractivity contribution in [2.45, 2.75) is 9.50 Å². The van der Waals surface area contributed by atoms with Crippen LogP contribution < -0.4 is 10.6 Å². The number of para-hydroxylation sites is 1. The van der Waals surface area contributed by atoms with Crippen LogP contribution >= 0.6 is 69.5 Å². The zero-order valence-corrected chi connectivity index (χ0v) is 21.5. The van der Waals surface area contributed by atoms with Crippen molar-refractivity contribution in [2.24, 2.45) is 0 Å². The SMILES string of the molecule is Clc1ccc(Nc2nc(Nc3ccc(Cl)cc3Cl)nc(Sc3nc4ccccc4s3)n2)c(Cl)c1. The second kappa shape index (κ2) is 10.1. The Morgan fingerprint density at radius 3 is 1.82 bits per heavy atom. The molecule has 0 aliphatic carbocycles. The molecule has 2 N–H and O–H groups in total. The molecule has 0 unspecified atom stereocenters. The van der Waals surface area contributed by atoms with Gasteiger partial charge in [-0.3, -0.25) is 0 Å². The van der Waals surface area contributed by atoms with Crippen molar-refractivity contribution in [3.05, 3.63) is 80.8 Å². The monoisotopic (exact) mass is 564 g/mol. The molecule has 5 rings (SSSR count). The van der Waals surface area contributed by atoms with E-state index in [0.29, 0.717) is 36.6 Å². The van der Waals surface area contributed by atoms with Gasteiger partial charge in [0.05, 0.1) is 31.6 Å². The van der Waals surface area contributed by atoms with E-state index in [0.717, 1.165) is 14.6 Å². The van der Waals surface area contributed by atoms with Gasteiger partial charge in [0.25, 0.3) is 0 Å². The molecular weight excluding hydrogens is 554 g/mol. The molecule has 0 saturated heterocycles. The van der Waals surface area contributed by atoms with Gasteiger partial charge in [-0.05, 0) is 60.3 Å². The zero-order chi connectivity index (χ0) is 23.7. The normalized spacial score (nSPS) is 11.1. The number of rotatable bonds is 6. The molecule has 0 atom stereocenters. The summed E-state index contributed by atoms with van der Waals surface area (Å²) in [6, 6.07) is 18.1. The molecule has 3 aromatic carbocycles. The quantitative estimate of drug-likeness (QED) is 0.213. The highest BCUT2D eigenvalue weighted by Gasteiger charge is 2.14. The summed E-state index contributed by atoms with van der Waals surface area (Å²) in [5.41, 5.74) is 2.12. The minimum absolute atomic E-state index is 0.287. The van der Waals surface area contributed by atoms with E-state index in [2.05, 4.69) is 30.6 Å². The first kappa shape index (κ1) is 23.4. The molecule has 34 heavy (non-hydrogen) atoms. The van der Waals surface area contributed by atoms with E-state index in [1.165, 1.54) is 11.8 Å². The topological polar surface area (TPSA) is 75.6 Å². The Morgan fingerprint density at radius 2 is 1.26 bits per heavy atom. The lowest BCUT2D eigenvalue weighted by molar-refractivity contribution is 0.919. The van der Waals surface area contributed by atoms with Gasteiger partial charge in [-0.1, -0.05) is 58.5 Å². The lowest BCUT2D eigenvalue weighted by atomic mass is 10.3. The van der Waals surface area contributed by atoms with E-state index in [4.69, 9.17) is 46.4 Å². The average Bonchev–Trinajstić information content (AvgIpc) is 3.20. The fourth-order valence-corrected chi connectivity index (χ4v) is 5.74. The van der Waals surface area contributed by atoms with E-state index in [9.17, 15) is 0 Å². The highest BCUT2D eigenvalue weighted by atomic mass is 35.5. The Bertz CT molecular complexity index is 1410. The van der Waals surface area contributed by atoms with Crippen LogP contribution in [0.3, 0.4) is 0 Å². The predicted molar refractivity (Wildman–Crippen MR) is 143 cm³/mol. The fraction of sp³-hybridized carbons (Fsp3) is 0. The molecular formula is C22H12Cl4N6S2. The molecule has 0 bridgehead atoms. The molecule has 0 aliphatic heterocycles. The van der Waals surface area contributed by atoms with Crippen molar-refractivity contribution >= 4 is 103 Å². The van der Waals surface area contributed by atoms with Crippen molar-refractivity contribution in [3.8, 4) is 0 Å². The van der Waals surface area contributed by atoms with Crippen LogP contribution in [-0.4, -0.2) is 19.9 Å². The van der Waals surface area contributed by atoms with Gasteiger partial charge in [0, 0.05) is 10.0 Å². The van der Waals surface area contributed by atoms with E-state index in [1.807, 2.05) is 24.3 Å². The summed E-state index contributed by atoms with van der Waals surface area (Å²) in [7, 11) is 0. The number of fused-ring (bicyclic) bond motifs is 1. The van der Waals surface area contributed by atoms with Gasteiger partial charge in [0.1, 0.15) is 0 Å². The third-order valence-electron chi connectivity index (χ3n) is 4.42. The third kappa shape index (κ3) is 5.49. The number of benzene rings is 3. The number of thiazole rings is 1. The molecule has 12 heteroatoms. The molecule has 170 valence electrons. The maximum Gasteiger partial charge on any atom is 0.233 e. The Morgan fingerprint density at radius 1 is 0.676 bits per heavy atom. The number of anilines is 4. The number of aromatic nitrogens is 4. The lowest BCUT2D eigenvalue weighted by Crippen LogP contribution is -2.05. The van der Waals surface area contributed by atoms with Crippen molar-refractivity contribution in [2.75, 3.05) is 10.6 Å². The molecule has 2 heterocycles. The molecule has 6 nitrogen and oxygen atoms in total. The zero-order valence-electron chi connectivity index (χ0n) is 16.9. The molecule has 0 fully saturated rings. The highest BCUT2D eigenvalue weighted by molar-refractivity contribution is 8.01. The number of hydrogen-bond donors (Lipinski definition) is 2. The van der Waals surface area contributed by atoms with Crippen LogP contribution in [0.4, 0.5) is 23.3 Å². The molecule has 0 radical (unpaired) electrons. The summed E-state index contributed by atoms with van der Waals surface area (Å²) >= 11 is 27.6. The van der Waals surface area contributed by atoms with E-state index in [-0.39, 0.29) is 11.9 Å². The largest absolute Gasteiger partial charge is 0.323 e. The third-order valence-corrected chi connectivity index (χ3v) is 7.48. The first-order chi connectivity index (χ1) is 16.4. The van der Waals surface area contributed by atoms with Crippen LogP contribution in [0.1, 0.15) is 0 Å². The van der Waals surface area contributed by atoms with Crippen molar-refractivity contribution in [1.29, 1.82) is 0 Å². The molecule has 2 aromatic heterocycles. The van der Waals surface area contributed by atoms with Gasteiger partial charge in [0.15, 0.2) is 4.34 Å². The van der Waals surface area contributed by atoms with Crippen molar-refractivity contribution in [3.63, 3.8) is 0 Å². The molecule has 0 saturated carbocycles. The van der Waals surface area contributed by atoms with E-state index in [1.54, 1.807) is 47.7 Å². The van der Waals surface area contributed by atoms with Crippen LogP contribution in [0.2, 0.25) is 20.1 Å². The van der Waals surface area contributed by atoms with E-state index >= 15 is 0 Å². The average molecular weight is 566 g/mol. The van der Waals surface area contributed by atoms with Crippen LogP contribution in [0.5, 0.6) is 0 Å². The van der Waals surface area contributed by atoms with Gasteiger partial charge < -0.3 is 10.6 Å². The van der Waals surface area contributed by atoms with Crippen LogP contribution in [-0.2, 0) is 0 Å². The van der Waals surface area contributed by atoms with Gasteiger partial charge >= 0.3 is 0 Å². The Labute approximate surface area is 222 Å². The molecule has 0 aliphatic rings. The first-order valence-electron chi connectivity index (χ1n) is 9.66. The van der Waals surface area contributed by atoms with Crippen LogP contribution in [0.15, 0.2) is 70.2 Å². The molecule has 0 amide bonds. The number of nitrogens with one attached hydrogen (secondary N) is 2. The van der Waals surface area contributed by atoms with Crippen molar-refractivity contribution < 1.29 is 0 Å². The Balaban J connectivity index is 1.50. The predicted octanol–water partition coefficient (Wildman–Crippen LogP) is 8.73. The Hall–Kier alpha value is -2.33. The minimum atomic E-state index is 0.287. The highest BCUT2D eigenvalue weighted by Crippen LogP contribution is 2.35. The summed E-state index contributed by atoms with van der Waals surface area (Å²) in [6.07, 6.45) is 0. The Kier molecular flexibility index (Phi) is 6.96. The van der Waals surface area contributed by atoms with Crippen LogP contribution in [0, 0.1) is 0 Å². The maximum atomic E-state index is 6.32. The van der Waals surface area contributed by atoms with Gasteiger partial charge in [0.2, 0.25) is 17.1 Å². The first-order valence-corrected chi connectivity index (χ1v) is 12.8. The second-order valence-electron chi connectivity index (χ2n) is 6.81. The number of halogens is 4. The van der Waals surface area contributed by atoms with Gasteiger partial charge in [-0.2, -0.15) is 15.0 Å². The number of hydrogen-bond acceptors (Lipinski definition) is 8. The minimum Gasteiger partial charge on any atom is -0.323 e. The standard InChI is InChI=1S/C22H12Cl4N6S2/c23-11-5-7-15(13(25)9-11)27-19-30-20(28-16-8-6-12(24)10-14(16)26)32-21(31-19)34-22-29-17-3-1-2-4-18(17)33-22/h1-10H,(H2,27,28,30,31,32). The van der Waals surface area contributed by atoms with Gasteiger partial charge in [-0.15, -0.1) is 11.3 Å². The lowest BCUT2D eigenvalue weighted by Gasteiger charge is -2.11. The van der Waals surface area contributed by atoms with Crippen LogP contribution in [0.25, 0.3) is 10.2 Å². The number of nitrogens with zero attached hydrogens (tertiary/aromatic N) is 4. The summed E-state index contributed by atoms with van der Waals surface area (Å²) in [6.45, 7) is 0. The maximum absolute atomic E-state index is 6.32. The van der Waals surface area contributed by atoms with Crippen molar-refractivity contribution in [1.82, 2.24) is 19.9 Å². The molecule has 5 aromatic rings. The molecule has 0 spiro atoms.